The van der Waals surface area contributed by atoms with Crippen molar-refractivity contribution in [2.24, 2.45) is 0 Å². The zero-order valence-corrected chi connectivity index (χ0v) is 18.3. The van der Waals surface area contributed by atoms with Gasteiger partial charge in [-0.15, -0.1) is 0 Å². The molecule has 2 fully saturated rings. The second kappa shape index (κ2) is 12.2. The van der Waals surface area contributed by atoms with Crippen LogP contribution in [0.25, 0.3) is 0 Å². The summed E-state index contributed by atoms with van der Waals surface area (Å²) in [7, 11) is 1.65. The van der Waals surface area contributed by atoms with Gasteiger partial charge >= 0.3 is 6.03 Å². The van der Waals surface area contributed by atoms with Crippen LogP contribution in [-0.2, 0) is 9.53 Å². The number of amides is 2. The van der Waals surface area contributed by atoms with E-state index in [0.717, 1.165) is 19.3 Å². The van der Waals surface area contributed by atoms with Crippen LogP contribution < -0.4 is 5.32 Å². The lowest BCUT2D eigenvalue weighted by Crippen LogP contribution is -2.61. The van der Waals surface area contributed by atoms with E-state index in [4.69, 9.17) is 10.1 Å². The van der Waals surface area contributed by atoms with Crippen LogP contribution in [0.4, 0.5) is 4.79 Å². The molecule has 172 valence electrons. The fourth-order valence-corrected chi connectivity index (χ4v) is 3.95. The average molecular weight is 427 g/mol. The maximum atomic E-state index is 12.4. The Kier molecular flexibility index (Phi) is 10.0. The Morgan fingerprint density at radius 2 is 1.80 bits per heavy atom. The van der Waals surface area contributed by atoms with E-state index in [1.165, 1.54) is 48.3 Å². The van der Waals surface area contributed by atoms with Crippen LogP contribution in [0.15, 0.2) is 0 Å². The number of carbonyl (C=O) groups excluding carboxylic acids is 2. The van der Waals surface area contributed by atoms with E-state index >= 15 is 0 Å². The molecular formula is C21H38N4O5. The van der Waals surface area contributed by atoms with E-state index in [2.05, 4.69) is 12.2 Å². The number of ketones is 1. The number of rotatable bonds is 13. The molecule has 2 amide bonds. The molecule has 9 nitrogen and oxygen atoms in total. The first-order valence-corrected chi connectivity index (χ1v) is 11.3. The van der Waals surface area contributed by atoms with Gasteiger partial charge in [0.2, 0.25) is 0 Å². The number of ether oxygens (including phenoxy) is 1. The van der Waals surface area contributed by atoms with Gasteiger partial charge in [-0.3, -0.25) is 20.4 Å². The number of carbonyl (C=O) groups is 2. The SMILES string of the molecule is CCCCCCCCCCCC(=O)C(O)[C@H]1O[C@@H](N2CN(C)C(=N)NC2=O)C[C@@H]1O. The van der Waals surface area contributed by atoms with E-state index in [1.807, 2.05) is 0 Å². The second-order valence-electron chi connectivity index (χ2n) is 8.44. The van der Waals surface area contributed by atoms with Gasteiger partial charge in [-0.05, 0) is 6.42 Å². The zero-order valence-electron chi connectivity index (χ0n) is 18.3. The summed E-state index contributed by atoms with van der Waals surface area (Å²) in [6.07, 6.45) is 6.44. The Hall–Kier alpha value is -1.71. The van der Waals surface area contributed by atoms with Crippen molar-refractivity contribution in [2.45, 2.75) is 102 Å². The number of nitrogens with one attached hydrogen (secondary N) is 2. The van der Waals surface area contributed by atoms with Gasteiger partial charge in [0.1, 0.15) is 18.4 Å². The van der Waals surface area contributed by atoms with Crippen molar-refractivity contribution >= 4 is 17.8 Å². The van der Waals surface area contributed by atoms with Crippen LogP contribution in [0.5, 0.6) is 0 Å². The van der Waals surface area contributed by atoms with Gasteiger partial charge in [0.15, 0.2) is 11.7 Å². The van der Waals surface area contributed by atoms with Gasteiger partial charge in [-0.2, -0.15) is 0 Å². The first kappa shape index (κ1) is 24.6. The molecule has 2 heterocycles. The van der Waals surface area contributed by atoms with Gasteiger partial charge in [-0.25, -0.2) is 4.79 Å². The molecule has 0 saturated carbocycles. The third kappa shape index (κ3) is 6.92. The summed E-state index contributed by atoms with van der Waals surface area (Å²) in [4.78, 5) is 27.3. The number of aliphatic hydroxyl groups is 2. The summed E-state index contributed by atoms with van der Waals surface area (Å²) in [5.74, 6) is -0.341. The molecule has 0 aromatic rings. The predicted octanol–water partition coefficient (Wildman–Crippen LogP) is 2.16. The molecule has 0 aromatic heterocycles. The van der Waals surface area contributed by atoms with Crippen LogP contribution in [0.2, 0.25) is 0 Å². The summed E-state index contributed by atoms with van der Waals surface area (Å²) in [6.45, 7) is 2.34. The predicted molar refractivity (Wildman–Crippen MR) is 113 cm³/mol. The summed E-state index contributed by atoms with van der Waals surface area (Å²) in [6, 6.07) is -0.494. The quantitative estimate of drug-likeness (QED) is 0.334. The fourth-order valence-electron chi connectivity index (χ4n) is 3.95. The second-order valence-corrected chi connectivity index (χ2v) is 8.44. The van der Waals surface area contributed by atoms with Crippen molar-refractivity contribution in [1.29, 1.82) is 5.41 Å². The van der Waals surface area contributed by atoms with Crippen LogP contribution in [0.3, 0.4) is 0 Å². The maximum absolute atomic E-state index is 12.4. The van der Waals surface area contributed by atoms with Gasteiger partial charge in [0.05, 0.1) is 12.8 Å². The van der Waals surface area contributed by atoms with E-state index in [-0.39, 0.29) is 31.3 Å². The Balaban J connectivity index is 1.69. The van der Waals surface area contributed by atoms with Gasteiger partial charge in [0.25, 0.3) is 0 Å². The molecule has 0 aromatic carbocycles. The molecule has 0 radical (unpaired) electrons. The van der Waals surface area contributed by atoms with Crippen LogP contribution in [0, 0.1) is 5.41 Å². The smallest absolute Gasteiger partial charge is 0.327 e. The highest BCUT2D eigenvalue weighted by Gasteiger charge is 2.45. The summed E-state index contributed by atoms with van der Waals surface area (Å²) in [5, 5.41) is 30.7. The molecule has 9 heteroatoms. The molecule has 0 aliphatic carbocycles. The van der Waals surface area contributed by atoms with Crippen LogP contribution in [0.1, 0.15) is 77.6 Å². The molecule has 4 N–H and O–H groups in total. The highest BCUT2D eigenvalue weighted by Crippen LogP contribution is 2.27. The number of nitrogens with zero attached hydrogens (tertiary/aromatic N) is 2. The van der Waals surface area contributed by atoms with Gasteiger partial charge < -0.3 is 19.8 Å². The molecular weight excluding hydrogens is 388 g/mol. The summed E-state index contributed by atoms with van der Waals surface area (Å²) < 4.78 is 5.69. The Bertz CT molecular complexity index is 588. The number of hydrogen-bond acceptors (Lipinski definition) is 6. The monoisotopic (exact) mass is 426 g/mol. The largest absolute Gasteiger partial charge is 0.390 e. The van der Waals surface area contributed by atoms with Gasteiger partial charge in [0, 0.05) is 19.9 Å². The van der Waals surface area contributed by atoms with Gasteiger partial charge in [-0.1, -0.05) is 58.3 Å². The molecule has 2 aliphatic heterocycles. The molecule has 2 saturated heterocycles. The van der Waals surface area contributed by atoms with E-state index in [0.29, 0.717) is 0 Å². The van der Waals surface area contributed by atoms with Crippen molar-refractivity contribution in [3.63, 3.8) is 0 Å². The maximum Gasteiger partial charge on any atom is 0.327 e. The number of hydrogen-bond donors (Lipinski definition) is 4. The normalized spacial score (nSPS) is 25.5. The number of unbranched alkanes of at least 4 members (excludes halogenated alkanes) is 8. The molecule has 1 unspecified atom stereocenters. The zero-order chi connectivity index (χ0) is 22.1. The highest BCUT2D eigenvalue weighted by molar-refractivity contribution is 5.96. The Labute approximate surface area is 179 Å². The molecule has 2 rings (SSSR count). The van der Waals surface area contributed by atoms with Crippen molar-refractivity contribution in [2.75, 3.05) is 13.7 Å². The average Bonchev–Trinajstić information content (AvgIpc) is 3.10. The lowest BCUT2D eigenvalue weighted by atomic mass is 9.99. The van der Waals surface area contributed by atoms with Crippen molar-refractivity contribution in [3.05, 3.63) is 0 Å². The minimum Gasteiger partial charge on any atom is -0.390 e. The first-order chi connectivity index (χ1) is 14.3. The molecule has 0 spiro atoms. The number of guanidine groups is 1. The van der Waals surface area contributed by atoms with E-state index < -0.39 is 30.6 Å². The number of aliphatic hydroxyl groups excluding tert-OH is 2. The van der Waals surface area contributed by atoms with Crippen molar-refractivity contribution in [3.8, 4) is 0 Å². The number of urea groups is 1. The third-order valence-electron chi connectivity index (χ3n) is 5.88. The highest BCUT2D eigenvalue weighted by atomic mass is 16.5. The van der Waals surface area contributed by atoms with E-state index in [1.54, 1.807) is 7.05 Å². The molecule has 4 atom stereocenters. The van der Waals surface area contributed by atoms with Crippen molar-refractivity contribution < 1.29 is 24.5 Å². The van der Waals surface area contributed by atoms with Crippen molar-refractivity contribution in [1.82, 2.24) is 15.1 Å². The topological polar surface area (TPSA) is 126 Å². The summed E-state index contributed by atoms with van der Waals surface area (Å²) >= 11 is 0. The Morgan fingerprint density at radius 3 is 2.43 bits per heavy atom. The Morgan fingerprint density at radius 1 is 1.20 bits per heavy atom. The lowest BCUT2D eigenvalue weighted by molar-refractivity contribution is -0.143. The van der Waals surface area contributed by atoms with Crippen LogP contribution >= 0.6 is 0 Å². The van der Waals surface area contributed by atoms with E-state index in [9.17, 15) is 19.8 Å². The molecule has 2 aliphatic rings. The number of Topliss-reactive ketones (excluding diaryl/α,β-unsaturated/α-hetero) is 1. The molecule has 30 heavy (non-hydrogen) atoms. The fraction of sp³-hybridized carbons (Fsp3) is 0.857. The summed E-state index contributed by atoms with van der Waals surface area (Å²) in [5.41, 5.74) is 0. The first-order valence-electron chi connectivity index (χ1n) is 11.3. The lowest BCUT2D eigenvalue weighted by Gasteiger charge is -2.37. The third-order valence-corrected chi connectivity index (χ3v) is 5.88. The van der Waals surface area contributed by atoms with Crippen LogP contribution in [-0.4, -0.2) is 76.0 Å². The standard InChI is InChI=1S/C21H38N4O5/c1-3-4-5-6-7-8-9-10-11-12-15(26)18(28)19-16(27)13-17(30-19)25-14-24(2)20(22)23-21(25)29/h16-19,27-28H,3-14H2,1-2H3,(H2,22,23,29)/t16-,17+,18?,19-/m0/s1. The molecule has 0 bridgehead atoms. The minimum absolute atomic E-state index is 0.0116. The minimum atomic E-state index is -1.40.